The van der Waals surface area contributed by atoms with E-state index >= 15 is 0 Å². The van der Waals surface area contributed by atoms with Crippen LogP contribution in [0.3, 0.4) is 0 Å². The molecule has 1 aliphatic rings. The second kappa shape index (κ2) is 7.04. The van der Waals surface area contributed by atoms with Crippen molar-refractivity contribution in [3.05, 3.63) is 36.2 Å². The smallest absolute Gasteiger partial charge is 0.248 e. The van der Waals surface area contributed by atoms with Crippen molar-refractivity contribution in [1.82, 2.24) is 14.6 Å². The minimum Gasteiger partial charge on any atom is -0.350 e. The molecule has 2 aromatic rings. The van der Waals surface area contributed by atoms with Gasteiger partial charge < -0.3 is 5.32 Å². The Morgan fingerprint density at radius 1 is 1.44 bits per heavy atom. The number of aromatic nitrogens is 1. The van der Waals surface area contributed by atoms with E-state index in [0.29, 0.717) is 18.4 Å². The quantitative estimate of drug-likeness (QED) is 0.738. The first-order chi connectivity index (χ1) is 11.9. The topological polar surface area (TPSA) is 115 Å². The van der Waals surface area contributed by atoms with Crippen LogP contribution in [0.2, 0.25) is 0 Å². The van der Waals surface area contributed by atoms with Gasteiger partial charge >= 0.3 is 0 Å². The van der Waals surface area contributed by atoms with Crippen molar-refractivity contribution < 1.29 is 18.0 Å². The number of hydrogen-bond acceptors (Lipinski definition) is 6. The number of pyridine rings is 1. The summed E-state index contributed by atoms with van der Waals surface area (Å²) >= 11 is 0. The van der Waals surface area contributed by atoms with Crippen molar-refractivity contribution in [2.75, 3.05) is 19.7 Å². The number of nitrogens with one attached hydrogen (secondary N) is 1. The van der Waals surface area contributed by atoms with E-state index in [1.807, 2.05) is 13.0 Å². The van der Waals surface area contributed by atoms with Crippen molar-refractivity contribution in [3.63, 3.8) is 0 Å². The van der Waals surface area contributed by atoms with Crippen LogP contribution in [0.25, 0.3) is 10.8 Å². The third kappa shape index (κ3) is 3.49. The zero-order chi connectivity index (χ0) is 18.0. The molecule has 0 spiro atoms. The molecule has 134 valence electrons. The SMILES string of the molecule is Cc1cncc2cccc(S(=O)(=O)N3CC[C@H](NC(=O)CON)C3)c12. The van der Waals surface area contributed by atoms with Crippen LogP contribution in [0.5, 0.6) is 0 Å². The van der Waals surface area contributed by atoms with Gasteiger partial charge in [0.25, 0.3) is 0 Å². The first kappa shape index (κ1) is 17.7. The lowest BCUT2D eigenvalue weighted by Gasteiger charge is -2.19. The molecule has 0 radical (unpaired) electrons. The second-order valence-corrected chi connectivity index (χ2v) is 7.94. The van der Waals surface area contributed by atoms with E-state index in [0.717, 1.165) is 10.9 Å². The maximum Gasteiger partial charge on any atom is 0.248 e. The summed E-state index contributed by atoms with van der Waals surface area (Å²) in [4.78, 5) is 20.2. The minimum absolute atomic E-state index is 0.221. The summed E-state index contributed by atoms with van der Waals surface area (Å²) in [5, 5.41) is 4.19. The van der Waals surface area contributed by atoms with Gasteiger partial charge in [-0.15, -0.1) is 0 Å². The average molecular weight is 364 g/mol. The molecular weight excluding hydrogens is 344 g/mol. The Morgan fingerprint density at radius 2 is 2.24 bits per heavy atom. The Bertz CT molecular complexity index is 895. The van der Waals surface area contributed by atoms with Gasteiger partial charge in [-0.1, -0.05) is 12.1 Å². The number of hydrogen-bond donors (Lipinski definition) is 2. The molecule has 9 heteroatoms. The van der Waals surface area contributed by atoms with Gasteiger partial charge in [0.1, 0.15) is 6.61 Å². The molecule has 8 nitrogen and oxygen atoms in total. The zero-order valence-corrected chi connectivity index (χ0v) is 14.6. The van der Waals surface area contributed by atoms with Gasteiger partial charge in [-0.2, -0.15) is 4.31 Å². The standard InChI is InChI=1S/C16H20N4O4S/c1-11-7-18-8-12-3-2-4-14(16(11)12)25(22,23)20-6-5-13(9-20)19-15(21)10-24-17/h2-4,7-8,13H,5-6,9-10,17H2,1H3,(H,19,21)/t13-/m0/s1. The van der Waals surface area contributed by atoms with E-state index < -0.39 is 10.0 Å². The molecule has 1 aromatic carbocycles. The van der Waals surface area contributed by atoms with Gasteiger partial charge in [0, 0.05) is 42.3 Å². The highest BCUT2D eigenvalue weighted by molar-refractivity contribution is 7.89. The highest BCUT2D eigenvalue weighted by atomic mass is 32.2. The van der Waals surface area contributed by atoms with Gasteiger partial charge in [-0.05, 0) is 25.0 Å². The summed E-state index contributed by atoms with van der Waals surface area (Å²) in [5.41, 5.74) is 0.806. The number of carbonyl (C=O) groups is 1. The van der Waals surface area contributed by atoms with Crippen LogP contribution in [0.15, 0.2) is 35.5 Å². The third-order valence-corrected chi connectivity index (χ3v) is 6.19. The number of carbonyl (C=O) groups excluding carboxylic acids is 1. The Labute approximate surface area is 146 Å². The maximum atomic E-state index is 13.1. The summed E-state index contributed by atoms with van der Waals surface area (Å²) in [6, 6.07) is 4.91. The third-order valence-electron chi connectivity index (χ3n) is 4.28. The minimum atomic E-state index is -3.67. The molecule has 0 bridgehead atoms. The first-order valence-electron chi connectivity index (χ1n) is 7.88. The number of amides is 1. The van der Waals surface area contributed by atoms with Crippen LogP contribution < -0.4 is 11.2 Å². The number of nitrogens with zero attached hydrogens (tertiary/aromatic N) is 2. The number of nitrogens with two attached hydrogens (primary N) is 1. The Morgan fingerprint density at radius 3 is 3.00 bits per heavy atom. The van der Waals surface area contributed by atoms with Crippen molar-refractivity contribution in [3.8, 4) is 0 Å². The Kier molecular flexibility index (Phi) is 5.00. The predicted octanol–water partition coefficient (Wildman–Crippen LogP) is 0.313. The lowest BCUT2D eigenvalue weighted by Crippen LogP contribution is -2.40. The Balaban J connectivity index is 1.87. The van der Waals surface area contributed by atoms with Gasteiger partial charge in [0.2, 0.25) is 15.9 Å². The fraction of sp³-hybridized carbons (Fsp3) is 0.375. The van der Waals surface area contributed by atoms with E-state index in [4.69, 9.17) is 5.90 Å². The van der Waals surface area contributed by atoms with E-state index in [1.54, 1.807) is 24.5 Å². The van der Waals surface area contributed by atoms with Crippen molar-refractivity contribution in [2.24, 2.45) is 5.90 Å². The summed E-state index contributed by atoms with van der Waals surface area (Å²) < 4.78 is 27.6. The molecule has 1 fully saturated rings. The molecule has 3 rings (SSSR count). The number of benzene rings is 1. The molecule has 3 N–H and O–H groups in total. The van der Waals surface area contributed by atoms with Crippen molar-refractivity contribution in [1.29, 1.82) is 0 Å². The van der Waals surface area contributed by atoms with Gasteiger partial charge in [-0.3, -0.25) is 14.6 Å². The van der Waals surface area contributed by atoms with E-state index in [-0.39, 0.29) is 30.0 Å². The predicted molar refractivity (Wildman–Crippen MR) is 91.9 cm³/mol. The summed E-state index contributed by atoms with van der Waals surface area (Å²) in [7, 11) is -3.67. The monoisotopic (exact) mass is 364 g/mol. The van der Waals surface area contributed by atoms with E-state index in [2.05, 4.69) is 15.1 Å². The van der Waals surface area contributed by atoms with Gasteiger partial charge in [-0.25, -0.2) is 14.3 Å². The van der Waals surface area contributed by atoms with E-state index in [9.17, 15) is 13.2 Å². The van der Waals surface area contributed by atoms with Crippen LogP contribution in [0.4, 0.5) is 0 Å². The lowest BCUT2D eigenvalue weighted by atomic mass is 10.1. The molecule has 0 saturated carbocycles. The van der Waals surface area contributed by atoms with Crippen LogP contribution in [0, 0.1) is 6.92 Å². The van der Waals surface area contributed by atoms with Crippen LogP contribution in [-0.2, 0) is 19.7 Å². The summed E-state index contributed by atoms with van der Waals surface area (Å²) in [6.45, 7) is 2.16. The number of rotatable bonds is 5. The first-order valence-corrected chi connectivity index (χ1v) is 9.32. The molecule has 1 atom stereocenters. The highest BCUT2D eigenvalue weighted by Crippen LogP contribution is 2.29. The van der Waals surface area contributed by atoms with Crippen LogP contribution in [-0.4, -0.2) is 49.4 Å². The highest BCUT2D eigenvalue weighted by Gasteiger charge is 2.34. The number of fused-ring (bicyclic) bond motifs is 1. The van der Waals surface area contributed by atoms with Gasteiger partial charge in [0.15, 0.2) is 0 Å². The molecule has 1 amide bonds. The molecule has 1 aromatic heterocycles. The molecule has 1 saturated heterocycles. The van der Waals surface area contributed by atoms with Crippen molar-refractivity contribution >= 4 is 26.7 Å². The summed E-state index contributed by atoms with van der Waals surface area (Å²) in [6.07, 6.45) is 3.85. The van der Waals surface area contributed by atoms with Crippen LogP contribution >= 0.6 is 0 Å². The molecule has 2 heterocycles. The molecule has 1 aliphatic heterocycles. The second-order valence-electron chi connectivity index (χ2n) is 6.04. The zero-order valence-electron chi connectivity index (χ0n) is 13.8. The fourth-order valence-corrected chi connectivity index (χ4v) is 4.92. The van der Waals surface area contributed by atoms with Crippen molar-refractivity contribution in [2.45, 2.75) is 24.3 Å². The van der Waals surface area contributed by atoms with Crippen LogP contribution in [0.1, 0.15) is 12.0 Å². The maximum absolute atomic E-state index is 13.1. The van der Waals surface area contributed by atoms with Gasteiger partial charge in [0.05, 0.1) is 4.90 Å². The number of aryl methyl sites for hydroxylation is 1. The molecule has 0 unspecified atom stereocenters. The van der Waals surface area contributed by atoms with E-state index in [1.165, 1.54) is 4.31 Å². The number of sulfonamides is 1. The molecule has 25 heavy (non-hydrogen) atoms. The lowest BCUT2D eigenvalue weighted by molar-refractivity contribution is -0.126. The summed E-state index contributed by atoms with van der Waals surface area (Å²) in [5.74, 6) is 4.51. The Hall–Kier alpha value is -2.07. The fourth-order valence-electron chi connectivity index (χ4n) is 3.14. The largest absolute Gasteiger partial charge is 0.350 e. The normalized spacial score (nSPS) is 18.6. The average Bonchev–Trinajstić information content (AvgIpc) is 3.04. The molecule has 0 aliphatic carbocycles. The molecular formula is C16H20N4O4S.